The third-order valence-electron chi connectivity index (χ3n) is 4.47. The smallest absolute Gasteiger partial charge is 0.264 e. The maximum Gasteiger partial charge on any atom is 0.264 e. The third-order valence-corrected chi connectivity index (χ3v) is 7.30. The van der Waals surface area contributed by atoms with E-state index in [-0.39, 0.29) is 20.6 Å². The van der Waals surface area contributed by atoms with Crippen molar-refractivity contribution >= 4 is 56.4 Å². The van der Waals surface area contributed by atoms with Gasteiger partial charge in [0.2, 0.25) is 5.91 Å². The highest BCUT2D eigenvalue weighted by atomic mass is 35.5. The maximum atomic E-state index is 13.3. The molecule has 0 saturated heterocycles. The van der Waals surface area contributed by atoms with Crippen molar-refractivity contribution in [1.82, 2.24) is 5.32 Å². The van der Waals surface area contributed by atoms with Gasteiger partial charge >= 0.3 is 0 Å². The Balaban J connectivity index is 1.80. The van der Waals surface area contributed by atoms with Gasteiger partial charge in [-0.3, -0.25) is 9.10 Å². The fraction of sp³-hybridized carbons (Fsp3) is 0.136. The van der Waals surface area contributed by atoms with Gasteiger partial charge in [-0.1, -0.05) is 71.2 Å². The third kappa shape index (κ3) is 5.92. The molecule has 3 rings (SSSR count). The normalized spacial score (nSPS) is 11.2. The highest BCUT2D eigenvalue weighted by Crippen LogP contribution is 2.35. The van der Waals surface area contributed by atoms with Gasteiger partial charge in [0.15, 0.2) is 0 Å². The molecule has 0 radical (unpaired) electrons. The van der Waals surface area contributed by atoms with E-state index in [9.17, 15) is 13.2 Å². The van der Waals surface area contributed by atoms with Crippen LogP contribution < -0.4 is 9.62 Å². The minimum atomic E-state index is -4.06. The van der Waals surface area contributed by atoms with Gasteiger partial charge in [0.25, 0.3) is 10.0 Å². The van der Waals surface area contributed by atoms with Crippen LogP contribution in [0.4, 0.5) is 5.69 Å². The molecular formula is C22H19Cl3N2O3S. The van der Waals surface area contributed by atoms with Crippen LogP contribution >= 0.6 is 34.8 Å². The van der Waals surface area contributed by atoms with Crippen molar-refractivity contribution in [2.75, 3.05) is 17.4 Å². The Morgan fingerprint density at radius 1 is 0.871 bits per heavy atom. The van der Waals surface area contributed by atoms with Crippen molar-refractivity contribution in [3.05, 3.63) is 93.4 Å². The van der Waals surface area contributed by atoms with Crippen molar-refractivity contribution in [3.63, 3.8) is 0 Å². The summed E-state index contributed by atoms with van der Waals surface area (Å²) >= 11 is 18.2. The maximum absolute atomic E-state index is 13.3. The van der Waals surface area contributed by atoms with Gasteiger partial charge in [0.05, 0.1) is 20.6 Å². The Morgan fingerprint density at radius 3 is 2.23 bits per heavy atom. The summed E-state index contributed by atoms with van der Waals surface area (Å²) in [5.41, 5.74) is 1.13. The number of halogens is 3. The SMILES string of the molecule is O=C(CN(c1cccc(Cl)c1Cl)S(=O)(=O)c1ccccc1)NCCc1ccc(Cl)cc1. The lowest BCUT2D eigenvalue weighted by Gasteiger charge is -2.25. The minimum Gasteiger partial charge on any atom is -0.354 e. The summed E-state index contributed by atoms with van der Waals surface area (Å²) < 4.78 is 27.5. The molecule has 0 aliphatic carbocycles. The van der Waals surface area contributed by atoms with Crippen molar-refractivity contribution < 1.29 is 13.2 Å². The standard InChI is InChI=1S/C22H19Cl3N2O3S/c23-17-11-9-16(10-12-17)13-14-26-21(28)15-27(20-8-4-7-19(24)22(20)25)31(29,30)18-5-2-1-3-6-18/h1-12H,13-15H2,(H,26,28). The molecule has 162 valence electrons. The number of nitrogens with zero attached hydrogens (tertiary/aromatic N) is 1. The molecule has 3 aromatic rings. The summed E-state index contributed by atoms with van der Waals surface area (Å²) in [6.45, 7) is -0.110. The van der Waals surface area contributed by atoms with Crippen LogP contribution in [0.25, 0.3) is 0 Å². The minimum absolute atomic E-state index is 0.0417. The van der Waals surface area contributed by atoms with E-state index in [1.54, 1.807) is 42.5 Å². The van der Waals surface area contributed by atoms with E-state index in [0.717, 1.165) is 9.87 Å². The van der Waals surface area contributed by atoms with E-state index in [1.165, 1.54) is 18.2 Å². The van der Waals surface area contributed by atoms with Crippen LogP contribution in [-0.4, -0.2) is 27.4 Å². The van der Waals surface area contributed by atoms with E-state index >= 15 is 0 Å². The number of amides is 1. The lowest BCUT2D eigenvalue weighted by Crippen LogP contribution is -2.41. The first-order valence-corrected chi connectivity index (χ1v) is 11.9. The number of hydrogen-bond donors (Lipinski definition) is 1. The summed E-state index contributed by atoms with van der Waals surface area (Å²) in [5, 5.41) is 3.63. The van der Waals surface area contributed by atoms with E-state index in [4.69, 9.17) is 34.8 Å². The summed E-state index contributed by atoms with van der Waals surface area (Å²) in [5.74, 6) is -0.468. The second-order valence-electron chi connectivity index (χ2n) is 6.62. The molecule has 3 aromatic carbocycles. The summed E-state index contributed by atoms with van der Waals surface area (Å²) in [6.07, 6.45) is 0.576. The molecule has 0 fully saturated rings. The Hall–Kier alpha value is -2.25. The Morgan fingerprint density at radius 2 is 1.55 bits per heavy atom. The number of hydrogen-bond acceptors (Lipinski definition) is 3. The van der Waals surface area contributed by atoms with Gasteiger partial charge in [-0.2, -0.15) is 0 Å². The average Bonchev–Trinajstić information content (AvgIpc) is 2.76. The Kier molecular flexibility index (Phi) is 7.84. The van der Waals surface area contributed by atoms with Crippen LogP contribution in [0.2, 0.25) is 15.1 Å². The second kappa shape index (κ2) is 10.4. The van der Waals surface area contributed by atoms with Crippen LogP contribution in [-0.2, 0) is 21.2 Å². The molecule has 31 heavy (non-hydrogen) atoms. The topological polar surface area (TPSA) is 66.5 Å². The summed E-state index contributed by atoms with van der Waals surface area (Å²) in [6, 6.07) is 19.8. The van der Waals surface area contributed by atoms with Crippen LogP contribution in [0.5, 0.6) is 0 Å². The molecule has 0 saturated carbocycles. The monoisotopic (exact) mass is 496 g/mol. The molecule has 1 N–H and O–H groups in total. The fourth-order valence-corrected chi connectivity index (χ4v) is 4.92. The van der Waals surface area contributed by atoms with E-state index in [2.05, 4.69) is 5.32 Å². The molecule has 0 aliphatic rings. The highest BCUT2D eigenvalue weighted by Gasteiger charge is 2.29. The van der Waals surface area contributed by atoms with Crippen LogP contribution in [0.1, 0.15) is 5.56 Å². The molecule has 1 amide bonds. The fourth-order valence-electron chi connectivity index (χ4n) is 2.89. The lowest BCUT2D eigenvalue weighted by atomic mass is 10.1. The first-order chi connectivity index (χ1) is 14.8. The average molecular weight is 498 g/mol. The van der Waals surface area contributed by atoms with Crippen molar-refractivity contribution in [2.24, 2.45) is 0 Å². The zero-order chi connectivity index (χ0) is 22.4. The van der Waals surface area contributed by atoms with Crippen molar-refractivity contribution in [1.29, 1.82) is 0 Å². The van der Waals surface area contributed by atoms with Gasteiger partial charge in [-0.05, 0) is 48.4 Å². The lowest BCUT2D eigenvalue weighted by molar-refractivity contribution is -0.119. The molecule has 0 atom stereocenters. The first kappa shape index (κ1) is 23.4. The number of carbonyl (C=O) groups is 1. The van der Waals surface area contributed by atoms with Crippen LogP contribution in [0, 0.1) is 0 Å². The molecule has 0 heterocycles. The van der Waals surface area contributed by atoms with Crippen LogP contribution in [0.3, 0.4) is 0 Å². The number of sulfonamides is 1. The van der Waals surface area contributed by atoms with E-state index in [1.807, 2.05) is 12.1 Å². The number of rotatable bonds is 8. The van der Waals surface area contributed by atoms with Gasteiger partial charge < -0.3 is 5.32 Å². The van der Waals surface area contributed by atoms with Crippen molar-refractivity contribution in [2.45, 2.75) is 11.3 Å². The number of benzene rings is 3. The molecule has 9 heteroatoms. The molecule has 0 aliphatic heterocycles. The van der Waals surface area contributed by atoms with E-state index < -0.39 is 22.5 Å². The van der Waals surface area contributed by atoms with E-state index in [0.29, 0.717) is 18.0 Å². The van der Waals surface area contributed by atoms with Gasteiger partial charge in [-0.15, -0.1) is 0 Å². The van der Waals surface area contributed by atoms with Gasteiger partial charge in [0.1, 0.15) is 6.54 Å². The zero-order valence-corrected chi connectivity index (χ0v) is 19.3. The zero-order valence-electron chi connectivity index (χ0n) is 16.3. The number of carbonyl (C=O) groups excluding carboxylic acids is 1. The summed E-state index contributed by atoms with van der Waals surface area (Å²) in [7, 11) is -4.06. The molecule has 0 aromatic heterocycles. The largest absolute Gasteiger partial charge is 0.354 e. The molecule has 0 bridgehead atoms. The van der Waals surface area contributed by atoms with Crippen molar-refractivity contribution in [3.8, 4) is 0 Å². The second-order valence-corrected chi connectivity index (χ2v) is 9.71. The molecule has 0 unspecified atom stereocenters. The number of anilines is 1. The number of nitrogens with one attached hydrogen (secondary N) is 1. The Bertz CT molecular complexity index is 1150. The molecule has 0 spiro atoms. The van der Waals surface area contributed by atoms with Gasteiger partial charge in [0, 0.05) is 11.6 Å². The van der Waals surface area contributed by atoms with Crippen LogP contribution in [0.15, 0.2) is 77.7 Å². The molecular weight excluding hydrogens is 479 g/mol. The predicted octanol–water partition coefficient (Wildman–Crippen LogP) is 5.20. The highest BCUT2D eigenvalue weighted by molar-refractivity contribution is 7.92. The Labute approximate surface area is 196 Å². The summed E-state index contributed by atoms with van der Waals surface area (Å²) in [4.78, 5) is 12.7. The first-order valence-electron chi connectivity index (χ1n) is 9.32. The quantitative estimate of drug-likeness (QED) is 0.465. The molecule has 5 nitrogen and oxygen atoms in total. The van der Waals surface area contributed by atoms with Gasteiger partial charge in [-0.25, -0.2) is 8.42 Å². The predicted molar refractivity (Wildman–Crippen MR) is 126 cm³/mol.